The quantitative estimate of drug-likeness (QED) is 0.871. The summed E-state index contributed by atoms with van der Waals surface area (Å²) in [4.78, 5) is 16.9. The number of hydrogen-bond donors (Lipinski definition) is 1. The van der Waals surface area contributed by atoms with E-state index >= 15 is 0 Å². The Morgan fingerprint density at radius 1 is 1.29 bits per heavy atom. The van der Waals surface area contributed by atoms with Crippen molar-refractivity contribution < 1.29 is 4.79 Å². The SMILES string of the molecule is CC(C)CN(CCN(C)C)C(=O)[C@@H]1Cc2ccccc2N1. The van der Waals surface area contributed by atoms with Gasteiger partial charge < -0.3 is 15.1 Å². The van der Waals surface area contributed by atoms with Crippen LogP contribution < -0.4 is 5.32 Å². The fraction of sp³-hybridized carbons (Fsp3) is 0.588. The van der Waals surface area contributed by atoms with Crippen molar-refractivity contribution in [3.8, 4) is 0 Å². The maximum Gasteiger partial charge on any atom is 0.245 e. The van der Waals surface area contributed by atoms with Gasteiger partial charge in [-0.05, 0) is 31.6 Å². The van der Waals surface area contributed by atoms with Crippen molar-refractivity contribution in [3.05, 3.63) is 29.8 Å². The molecule has 2 rings (SSSR count). The van der Waals surface area contributed by atoms with Crippen LogP contribution >= 0.6 is 0 Å². The summed E-state index contributed by atoms with van der Waals surface area (Å²) < 4.78 is 0. The highest BCUT2D eigenvalue weighted by Gasteiger charge is 2.30. The first-order valence-corrected chi connectivity index (χ1v) is 7.75. The normalized spacial score (nSPS) is 17.0. The number of carbonyl (C=O) groups is 1. The van der Waals surface area contributed by atoms with Gasteiger partial charge in [0, 0.05) is 31.7 Å². The number of likely N-dealkylation sites (N-methyl/N-ethyl adjacent to an activating group) is 1. The van der Waals surface area contributed by atoms with Gasteiger partial charge in [-0.1, -0.05) is 32.0 Å². The zero-order valence-corrected chi connectivity index (χ0v) is 13.6. The highest BCUT2D eigenvalue weighted by atomic mass is 16.2. The molecule has 0 radical (unpaired) electrons. The molecule has 0 bridgehead atoms. The van der Waals surface area contributed by atoms with Crippen molar-refractivity contribution in [2.24, 2.45) is 5.92 Å². The number of nitrogens with one attached hydrogen (secondary N) is 1. The number of benzene rings is 1. The molecule has 21 heavy (non-hydrogen) atoms. The van der Waals surface area contributed by atoms with Crippen molar-refractivity contribution in [3.63, 3.8) is 0 Å². The molecule has 0 aromatic heterocycles. The topological polar surface area (TPSA) is 35.6 Å². The van der Waals surface area contributed by atoms with E-state index in [1.165, 1.54) is 5.56 Å². The van der Waals surface area contributed by atoms with Crippen LogP contribution in [0.5, 0.6) is 0 Å². The van der Waals surface area contributed by atoms with Gasteiger partial charge in [-0.25, -0.2) is 0 Å². The van der Waals surface area contributed by atoms with Gasteiger partial charge in [0.05, 0.1) is 0 Å². The number of fused-ring (bicyclic) bond motifs is 1. The van der Waals surface area contributed by atoms with E-state index in [1.807, 2.05) is 31.1 Å². The molecule has 0 saturated carbocycles. The largest absolute Gasteiger partial charge is 0.373 e. The third-order valence-electron chi connectivity index (χ3n) is 3.78. The molecule has 4 heteroatoms. The van der Waals surface area contributed by atoms with Gasteiger partial charge in [0.2, 0.25) is 5.91 Å². The lowest BCUT2D eigenvalue weighted by atomic mass is 10.1. The highest BCUT2D eigenvalue weighted by molar-refractivity contribution is 5.87. The van der Waals surface area contributed by atoms with Crippen molar-refractivity contribution >= 4 is 11.6 Å². The number of amides is 1. The number of anilines is 1. The molecule has 0 aliphatic carbocycles. The van der Waals surface area contributed by atoms with E-state index < -0.39 is 0 Å². The number of carbonyl (C=O) groups excluding carboxylic acids is 1. The van der Waals surface area contributed by atoms with E-state index in [0.717, 1.165) is 31.7 Å². The third-order valence-corrected chi connectivity index (χ3v) is 3.78. The van der Waals surface area contributed by atoms with Crippen LogP contribution in [0.3, 0.4) is 0 Å². The molecular weight excluding hydrogens is 262 g/mol. The molecule has 1 aromatic carbocycles. The first kappa shape index (κ1) is 15.8. The Kier molecular flexibility index (Phi) is 5.23. The number of para-hydroxylation sites is 1. The molecule has 0 spiro atoms. The smallest absolute Gasteiger partial charge is 0.245 e. The summed E-state index contributed by atoms with van der Waals surface area (Å²) in [5.41, 5.74) is 2.35. The summed E-state index contributed by atoms with van der Waals surface area (Å²) in [6.07, 6.45) is 0.797. The second-order valence-electron chi connectivity index (χ2n) is 6.54. The van der Waals surface area contributed by atoms with Crippen molar-refractivity contribution in [2.75, 3.05) is 39.0 Å². The van der Waals surface area contributed by atoms with Crippen molar-refractivity contribution in [2.45, 2.75) is 26.3 Å². The van der Waals surface area contributed by atoms with E-state index in [0.29, 0.717) is 5.92 Å². The zero-order chi connectivity index (χ0) is 15.4. The fourth-order valence-corrected chi connectivity index (χ4v) is 2.72. The van der Waals surface area contributed by atoms with E-state index in [1.54, 1.807) is 0 Å². The van der Waals surface area contributed by atoms with Crippen LogP contribution in [0, 0.1) is 5.92 Å². The fourth-order valence-electron chi connectivity index (χ4n) is 2.72. The lowest BCUT2D eigenvalue weighted by molar-refractivity contribution is -0.132. The molecule has 1 heterocycles. The number of nitrogens with zero attached hydrogens (tertiary/aromatic N) is 2. The molecule has 0 fully saturated rings. The molecule has 1 aliphatic heterocycles. The van der Waals surface area contributed by atoms with Gasteiger partial charge in [-0.3, -0.25) is 4.79 Å². The lowest BCUT2D eigenvalue weighted by Gasteiger charge is -2.28. The van der Waals surface area contributed by atoms with Gasteiger partial charge in [0.15, 0.2) is 0 Å². The maximum atomic E-state index is 12.8. The summed E-state index contributed by atoms with van der Waals surface area (Å²) in [5, 5.41) is 3.37. The van der Waals surface area contributed by atoms with Crippen LogP contribution in [-0.2, 0) is 11.2 Å². The van der Waals surface area contributed by atoms with E-state index in [9.17, 15) is 4.79 Å². The van der Waals surface area contributed by atoms with Crippen LogP contribution in [0.4, 0.5) is 5.69 Å². The minimum atomic E-state index is -0.108. The van der Waals surface area contributed by atoms with Gasteiger partial charge in [0.25, 0.3) is 0 Å². The van der Waals surface area contributed by atoms with Gasteiger partial charge in [-0.2, -0.15) is 0 Å². The summed E-state index contributed by atoms with van der Waals surface area (Å²) >= 11 is 0. The maximum absolute atomic E-state index is 12.8. The Bertz CT molecular complexity index is 460. The van der Waals surface area contributed by atoms with Crippen LogP contribution in [-0.4, -0.2) is 55.5 Å². The van der Waals surface area contributed by atoms with Crippen molar-refractivity contribution in [1.29, 1.82) is 0 Å². The molecule has 1 aromatic rings. The summed E-state index contributed by atoms with van der Waals surface area (Å²) in [5.74, 6) is 0.710. The van der Waals surface area contributed by atoms with Crippen LogP contribution in [0.15, 0.2) is 24.3 Å². The first-order chi connectivity index (χ1) is 9.97. The molecule has 116 valence electrons. The van der Waals surface area contributed by atoms with Crippen LogP contribution in [0.2, 0.25) is 0 Å². The standard InChI is InChI=1S/C17H27N3O/c1-13(2)12-20(10-9-19(3)4)17(21)16-11-14-7-5-6-8-15(14)18-16/h5-8,13,16,18H,9-12H2,1-4H3/t16-/m0/s1. The molecule has 4 nitrogen and oxygen atoms in total. The predicted molar refractivity (Wildman–Crippen MR) is 87.5 cm³/mol. The Morgan fingerprint density at radius 2 is 2.00 bits per heavy atom. The number of rotatable bonds is 6. The average Bonchev–Trinajstić information content (AvgIpc) is 2.86. The van der Waals surface area contributed by atoms with E-state index in [-0.39, 0.29) is 11.9 Å². The minimum absolute atomic E-state index is 0.108. The Labute approximate surface area is 128 Å². The average molecular weight is 289 g/mol. The molecule has 0 saturated heterocycles. The molecular formula is C17H27N3O. The van der Waals surface area contributed by atoms with Gasteiger partial charge >= 0.3 is 0 Å². The molecule has 1 N–H and O–H groups in total. The third kappa shape index (κ3) is 4.21. The molecule has 1 aliphatic rings. The van der Waals surface area contributed by atoms with Gasteiger partial charge in [0.1, 0.15) is 6.04 Å². The molecule has 0 unspecified atom stereocenters. The highest BCUT2D eigenvalue weighted by Crippen LogP contribution is 2.26. The van der Waals surface area contributed by atoms with Crippen LogP contribution in [0.25, 0.3) is 0 Å². The summed E-state index contributed by atoms with van der Waals surface area (Å²) in [6, 6.07) is 8.09. The Hall–Kier alpha value is -1.55. The zero-order valence-electron chi connectivity index (χ0n) is 13.6. The second kappa shape index (κ2) is 6.94. The first-order valence-electron chi connectivity index (χ1n) is 7.75. The van der Waals surface area contributed by atoms with Crippen LogP contribution in [0.1, 0.15) is 19.4 Å². The lowest BCUT2D eigenvalue weighted by Crippen LogP contribution is -2.46. The summed E-state index contributed by atoms with van der Waals surface area (Å²) in [6.45, 7) is 6.83. The van der Waals surface area contributed by atoms with E-state index in [4.69, 9.17) is 0 Å². The monoisotopic (exact) mass is 289 g/mol. The van der Waals surface area contributed by atoms with Gasteiger partial charge in [-0.15, -0.1) is 0 Å². The molecule has 1 amide bonds. The second-order valence-corrected chi connectivity index (χ2v) is 6.54. The Morgan fingerprint density at radius 3 is 2.62 bits per heavy atom. The Balaban J connectivity index is 2.01. The molecule has 1 atom stereocenters. The van der Waals surface area contributed by atoms with Crippen molar-refractivity contribution in [1.82, 2.24) is 9.80 Å². The summed E-state index contributed by atoms with van der Waals surface area (Å²) in [7, 11) is 4.09. The number of hydrogen-bond acceptors (Lipinski definition) is 3. The van der Waals surface area contributed by atoms with E-state index in [2.05, 4.69) is 36.2 Å². The minimum Gasteiger partial charge on any atom is -0.373 e. The predicted octanol–water partition coefficient (Wildman–Crippen LogP) is 2.07.